The first-order chi connectivity index (χ1) is 14.1. The molecule has 1 N–H and O–H groups in total. The van der Waals surface area contributed by atoms with Crippen molar-refractivity contribution in [1.82, 2.24) is 15.2 Å². The molecule has 2 aromatic carbocycles. The van der Waals surface area contributed by atoms with Crippen molar-refractivity contribution in [2.24, 2.45) is 0 Å². The number of pyridine rings is 1. The zero-order valence-electron chi connectivity index (χ0n) is 15.3. The van der Waals surface area contributed by atoms with Crippen molar-refractivity contribution in [2.75, 3.05) is 12.4 Å². The van der Waals surface area contributed by atoms with Gasteiger partial charge in [-0.3, -0.25) is 9.78 Å². The third kappa shape index (κ3) is 4.09. The van der Waals surface area contributed by atoms with E-state index in [1.54, 1.807) is 74.1 Å². The van der Waals surface area contributed by atoms with Gasteiger partial charge in [0.2, 0.25) is 11.8 Å². The Morgan fingerprint density at radius 3 is 2.45 bits per heavy atom. The van der Waals surface area contributed by atoms with Gasteiger partial charge >= 0.3 is 0 Å². The van der Waals surface area contributed by atoms with Gasteiger partial charge in [-0.2, -0.15) is 0 Å². The summed E-state index contributed by atoms with van der Waals surface area (Å²) in [5.74, 6) is 0.897. The predicted molar refractivity (Wildman–Crippen MR) is 109 cm³/mol. The predicted octanol–water partition coefficient (Wildman–Crippen LogP) is 4.71. The zero-order valence-corrected chi connectivity index (χ0v) is 16.1. The summed E-state index contributed by atoms with van der Waals surface area (Å²) in [7, 11) is 1.56. The number of halogens is 1. The van der Waals surface area contributed by atoms with Gasteiger partial charge in [0.25, 0.3) is 5.91 Å². The maximum Gasteiger partial charge on any atom is 0.255 e. The molecule has 8 heteroatoms. The minimum absolute atomic E-state index is 0.249. The van der Waals surface area contributed by atoms with E-state index in [1.807, 2.05) is 0 Å². The monoisotopic (exact) mass is 406 g/mol. The van der Waals surface area contributed by atoms with Crippen LogP contribution in [0.2, 0.25) is 5.02 Å². The van der Waals surface area contributed by atoms with Crippen LogP contribution in [-0.4, -0.2) is 28.2 Å². The number of anilines is 1. The van der Waals surface area contributed by atoms with Crippen LogP contribution in [0.5, 0.6) is 5.75 Å². The second-order valence-electron chi connectivity index (χ2n) is 6.02. The summed E-state index contributed by atoms with van der Waals surface area (Å²) in [5.41, 5.74) is 2.27. The van der Waals surface area contributed by atoms with Crippen molar-refractivity contribution in [1.29, 1.82) is 0 Å². The number of ether oxygens (including phenoxy) is 1. The number of benzene rings is 2. The molecule has 0 fully saturated rings. The molecule has 0 saturated carbocycles. The van der Waals surface area contributed by atoms with Gasteiger partial charge in [0.15, 0.2) is 0 Å². The SMILES string of the molecule is COc1ccc(NC(=O)c2ccncc2)c(-c2nnc(-c3ccc(Cl)cc3)o2)c1. The lowest BCUT2D eigenvalue weighted by Gasteiger charge is -2.10. The number of carbonyl (C=O) groups excluding carboxylic acids is 1. The quantitative estimate of drug-likeness (QED) is 0.516. The number of amides is 1. The van der Waals surface area contributed by atoms with E-state index in [0.29, 0.717) is 33.5 Å². The topological polar surface area (TPSA) is 90.1 Å². The van der Waals surface area contributed by atoms with Gasteiger partial charge < -0.3 is 14.5 Å². The Morgan fingerprint density at radius 2 is 1.72 bits per heavy atom. The van der Waals surface area contributed by atoms with Crippen molar-refractivity contribution in [3.63, 3.8) is 0 Å². The number of nitrogens with zero attached hydrogens (tertiary/aromatic N) is 3. The molecule has 4 aromatic rings. The minimum atomic E-state index is -0.281. The maximum atomic E-state index is 12.6. The van der Waals surface area contributed by atoms with Crippen LogP contribution in [0.3, 0.4) is 0 Å². The third-order valence-electron chi connectivity index (χ3n) is 4.16. The van der Waals surface area contributed by atoms with Crippen LogP contribution >= 0.6 is 11.6 Å². The Balaban J connectivity index is 1.69. The average molecular weight is 407 g/mol. The van der Waals surface area contributed by atoms with Crippen molar-refractivity contribution in [3.8, 4) is 28.7 Å². The average Bonchev–Trinajstić information content (AvgIpc) is 3.25. The van der Waals surface area contributed by atoms with Crippen LogP contribution < -0.4 is 10.1 Å². The highest BCUT2D eigenvalue weighted by Gasteiger charge is 2.17. The second kappa shape index (κ2) is 8.12. The maximum absolute atomic E-state index is 12.6. The van der Waals surface area contributed by atoms with Crippen LogP contribution in [0.4, 0.5) is 5.69 Å². The van der Waals surface area contributed by atoms with Crippen LogP contribution in [0.15, 0.2) is 71.4 Å². The van der Waals surface area contributed by atoms with Crippen LogP contribution in [-0.2, 0) is 0 Å². The standard InChI is InChI=1S/C21H15ClN4O3/c1-28-16-6-7-18(24-19(27)13-8-10-23-11-9-13)17(12-16)21-26-25-20(29-21)14-2-4-15(22)5-3-14/h2-12H,1H3,(H,24,27). The zero-order chi connectivity index (χ0) is 20.2. The van der Waals surface area contributed by atoms with Gasteiger partial charge in [-0.1, -0.05) is 11.6 Å². The minimum Gasteiger partial charge on any atom is -0.497 e. The first kappa shape index (κ1) is 18.6. The highest BCUT2D eigenvalue weighted by molar-refractivity contribution is 6.30. The fraction of sp³-hybridized carbons (Fsp3) is 0.0476. The van der Waals surface area contributed by atoms with E-state index in [4.69, 9.17) is 20.8 Å². The van der Waals surface area contributed by atoms with Crippen LogP contribution in [0, 0.1) is 0 Å². The smallest absolute Gasteiger partial charge is 0.255 e. The van der Waals surface area contributed by atoms with Gasteiger partial charge in [-0.15, -0.1) is 10.2 Å². The number of hydrogen-bond donors (Lipinski definition) is 1. The molecule has 0 aliphatic heterocycles. The Hall–Kier alpha value is -3.71. The van der Waals surface area contributed by atoms with E-state index in [-0.39, 0.29) is 11.8 Å². The van der Waals surface area contributed by atoms with Gasteiger partial charge in [0.1, 0.15) is 5.75 Å². The number of aromatic nitrogens is 3. The lowest BCUT2D eigenvalue weighted by molar-refractivity contribution is 0.102. The number of hydrogen-bond acceptors (Lipinski definition) is 6. The first-order valence-corrected chi connectivity index (χ1v) is 9.01. The number of carbonyl (C=O) groups is 1. The van der Waals surface area contributed by atoms with Crippen molar-refractivity contribution >= 4 is 23.2 Å². The summed E-state index contributed by atoms with van der Waals surface area (Å²) >= 11 is 5.93. The molecule has 2 aromatic heterocycles. The molecule has 0 atom stereocenters. The van der Waals surface area contributed by atoms with Gasteiger partial charge in [-0.25, -0.2) is 0 Å². The molecular weight excluding hydrogens is 392 g/mol. The van der Waals surface area contributed by atoms with Crippen molar-refractivity contribution < 1.29 is 13.9 Å². The summed E-state index contributed by atoms with van der Waals surface area (Å²) in [6.45, 7) is 0. The molecule has 2 heterocycles. The molecule has 0 aliphatic carbocycles. The summed E-state index contributed by atoms with van der Waals surface area (Å²) in [6.07, 6.45) is 3.11. The normalized spacial score (nSPS) is 10.6. The Bertz CT molecular complexity index is 1140. The fourth-order valence-corrected chi connectivity index (χ4v) is 2.80. The molecule has 0 aliphatic rings. The highest BCUT2D eigenvalue weighted by atomic mass is 35.5. The third-order valence-corrected chi connectivity index (χ3v) is 4.42. The second-order valence-corrected chi connectivity index (χ2v) is 6.46. The molecule has 0 unspecified atom stereocenters. The van der Waals surface area contributed by atoms with E-state index in [0.717, 1.165) is 5.56 Å². The van der Waals surface area contributed by atoms with Crippen LogP contribution in [0.25, 0.3) is 22.9 Å². The molecule has 144 valence electrons. The first-order valence-electron chi connectivity index (χ1n) is 8.63. The van der Waals surface area contributed by atoms with Crippen molar-refractivity contribution in [2.45, 2.75) is 0 Å². The molecule has 7 nitrogen and oxygen atoms in total. The van der Waals surface area contributed by atoms with Gasteiger partial charge in [0.05, 0.1) is 18.4 Å². The Kier molecular flexibility index (Phi) is 5.22. The van der Waals surface area contributed by atoms with E-state index in [1.165, 1.54) is 0 Å². The molecular formula is C21H15ClN4O3. The van der Waals surface area contributed by atoms with Crippen molar-refractivity contribution in [3.05, 3.63) is 77.6 Å². The molecule has 0 spiro atoms. The Labute approximate surface area is 171 Å². The largest absolute Gasteiger partial charge is 0.497 e. The van der Waals surface area contributed by atoms with E-state index < -0.39 is 0 Å². The van der Waals surface area contributed by atoms with E-state index in [9.17, 15) is 4.79 Å². The molecule has 0 bridgehead atoms. The molecule has 0 saturated heterocycles. The highest BCUT2D eigenvalue weighted by Crippen LogP contribution is 2.33. The fourth-order valence-electron chi connectivity index (χ4n) is 2.68. The van der Waals surface area contributed by atoms with Gasteiger partial charge in [-0.05, 0) is 54.6 Å². The molecule has 0 radical (unpaired) electrons. The molecule has 29 heavy (non-hydrogen) atoms. The lowest BCUT2D eigenvalue weighted by Crippen LogP contribution is -2.12. The Morgan fingerprint density at radius 1 is 1.00 bits per heavy atom. The van der Waals surface area contributed by atoms with Crippen LogP contribution in [0.1, 0.15) is 10.4 Å². The summed E-state index contributed by atoms with van der Waals surface area (Å²) in [4.78, 5) is 16.5. The number of methoxy groups -OCH3 is 1. The number of rotatable bonds is 5. The molecule has 4 rings (SSSR count). The summed E-state index contributed by atoms with van der Waals surface area (Å²) < 4.78 is 11.1. The molecule has 1 amide bonds. The lowest BCUT2D eigenvalue weighted by atomic mass is 10.1. The summed E-state index contributed by atoms with van der Waals surface area (Å²) in [6, 6.07) is 15.5. The summed E-state index contributed by atoms with van der Waals surface area (Å²) in [5, 5.41) is 11.7. The van der Waals surface area contributed by atoms with Gasteiger partial charge in [0, 0.05) is 28.5 Å². The van der Waals surface area contributed by atoms with E-state index in [2.05, 4.69) is 20.5 Å². The van der Waals surface area contributed by atoms with E-state index >= 15 is 0 Å². The number of nitrogens with one attached hydrogen (secondary N) is 1.